The molecule has 2 heterocycles. The molecule has 1 fully saturated rings. The van der Waals surface area contributed by atoms with Crippen LogP contribution >= 0.6 is 11.8 Å². The summed E-state index contributed by atoms with van der Waals surface area (Å²) in [6.45, 7) is 0.0446. The maximum atomic E-state index is 12.5. The van der Waals surface area contributed by atoms with Crippen LogP contribution in [0.5, 0.6) is 5.88 Å². The summed E-state index contributed by atoms with van der Waals surface area (Å²) in [5.74, 6) is 2.01. The van der Waals surface area contributed by atoms with Gasteiger partial charge in [-0.15, -0.1) is 0 Å². The van der Waals surface area contributed by atoms with Crippen LogP contribution < -0.4 is 4.74 Å². The lowest BCUT2D eigenvalue weighted by Crippen LogP contribution is -2.36. The maximum absolute atomic E-state index is 12.5. The fourth-order valence-corrected chi connectivity index (χ4v) is 3.23. The first-order valence-corrected chi connectivity index (χ1v) is 8.12. The van der Waals surface area contributed by atoms with Crippen molar-refractivity contribution in [2.75, 3.05) is 37.8 Å². The van der Waals surface area contributed by atoms with Crippen molar-refractivity contribution >= 4 is 17.7 Å². The Morgan fingerprint density at radius 3 is 2.81 bits per heavy atom. The van der Waals surface area contributed by atoms with Gasteiger partial charge in [0.05, 0.1) is 13.2 Å². The number of aliphatic hydroxyl groups is 2. The summed E-state index contributed by atoms with van der Waals surface area (Å²) in [4.78, 5) is 18.1. The van der Waals surface area contributed by atoms with E-state index >= 15 is 0 Å². The van der Waals surface area contributed by atoms with Gasteiger partial charge >= 0.3 is 0 Å². The van der Waals surface area contributed by atoms with E-state index in [4.69, 9.17) is 14.9 Å². The molecule has 7 heteroatoms. The summed E-state index contributed by atoms with van der Waals surface area (Å²) < 4.78 is 5.83. The maximum Gasteiger partial charge on any atom is 0.259 e. The zero-order chi connectivity index (χ0) is 15.1. The normalized spacial score (nSPS) is 17.7. The smallest absolute Gasteiger partial charge is 0.259 e. The fraction of sp³-hybridized carbons (Fsp3) is 0.571. The number of thioether (sulfide) groups is 1. The van der Waals surface area contributed by atoms with E-state index in [1.54, 1.807) is 18.3 Å². The van der Waals surface area contributed by atoms with E-state index in [0.29, 0.717) is 11.4 Å². The minimum atomic E-state index is -0.285. The van der Waals surface area contributed by atoms with Gasteiger partial charge in [-0.2, -0.15) is 11.8 Å². The van der Waals surface area contributed by atoms with Gasteiger partial charge in [-0.1, -0.05) is 0 Å². The van der Waals surface area contributed by atoms with E-state index in [-0.39, 0.29) is 38.3 Å². The molecule has 0 aromatic carbocycles. The minimum Gasteiger partial charge on any atom is -0.473 e. The Kier molecular flexibility index (Phi) is 6.28. The van der Waals surface area contributed by atoms with Crippen molar-refractivity contribution in [3.63, 3.8) is 0 Å². The largest absolute Gasteiger partial charge is 0.473 e. The molecule has 1 aliphatic rings. The molecule has 0 spiro atoms. The van der Waals surface area contributed by atoms with Gasteiger partial charge in [-0.25, -0.2) is 4.98 Å². The molecule has 1 atom stereocenters. The van der Waals surface area contributed by atoms with Crippen LogP contribution in [-0.2, 0) is 0 Å². The lowest BCUT2D eigenvalue weighted by Gasteiger charge is -2.22. The molecular formula is C14H20N2O4S. The van der Waals surface area contributed by atoms with Crippen LogP contribution in [0.4, 0.5) is 0 Å². The number of ether oxygens (including phenoxy) is 1. The molecular weight excluding hydrogens is 292 g/mol. The predicted molar refractivity (Wildman–Crippen MR) is 80.7 cm³/mol. The van der Waals surface area contributed by atoms with Crippen LogP contribution in [0.3, 0.4) is 0 Å². The Labute approximate surface area is 128 Å². The van der Waals surface area contributed by atoms with Gasteiger partial charge in [0.15, 0.2) is 0 Å². The number of aromatic nitrogens is 1. The molecule has 0 aliphatic carbocycles. The number of aliphatic hydroxyl groups excluding tert-OH is 2. The van der Waals surface area contributed by atoms with Crippen molar-refractivity contribution in [2.24, 2.45) is 0 Å². The number of hydrogen-bond donors (Lipinski definition) is 2. The van der Waals surface area contributed by atoms with E-state index in [0.717, 1.165) is 17.9 Å². The second-order valence-corrected chi connectivity index (χ2v) is 5.85. The summed E-state index contributed by atoms with van der Waals surface area (Å²) in [6.07, 6.45) is 2.63. The molecule has 2 rings (SSSR count). The number of hydrogen-bond acceptors (Lipinski definition) is 6. The van der Waals surface area contributed by atoms with Gasteiger partial charge in [0.2, 0.25) is 5.88 Å². The van der Waals surface area contributed by atoms with Crippen molar-refractivity contribution in [3.8, 4) is 5.88 Å². The Morgan fingerprint density at radius 2 is 2.19 bits per heavy atom. The molecule has 1 saturated heterocycles. The third-order valence-electron chi connectivity index (χ3n) is 3.19. The molecule has 1 amide bonds. The molecule has 1 aromatic heterocycles. The van der Waals surface area contributed by atoms with Crippen LogP contribution in [0.15, 0.2) is 18.3 Å². The van der Waals surface area contributed by atoms with Gasteiger partial charge in [-0.05, 0) is 24.3 Å². The van der Waals surface area contributed by atoms with Crippen molar-refractivity contribution in [1.29, 1.82) is 0 Å². The molecule has 1 aromatic rings. The van der Waals surface area contributed by atoms with E-state index in [1.165, 1.54) is 4.90 Å². The monoisotopic (exact) mass is 312 g/mol. The third-order valence-corrected chi connectivity index (χ3v) is 4.33. The fourth-order valence-electron chi connectivity index (χ4n) is 2.14. The SMILES string of the molecule is O=C(c1cccnc1OC1CCSC1)N(CCO)CCO. The van der Waals surface area contributed by atoms with Crippen LogP contribution in [0.1, 0.15) is 16.8 Å². The van der Waals surface area contributed by atoms with Crippen molar-refractivity contribution in [3.05, 3.63) is 23.9 Å². The second kappa shape index (κ2) is 8.21. The third kappa shape index (κ3) is 4.33. The molecule has 0 saturated carbocycles. The number of rotatable bonds is 7. The highest BCUT2D eigenvalue weighted by Crippen LogP contribution is 2.24. The van der Waals surface area contributed by atoms with Crippen molar-refractivity contribution < 1.29 is 19.7 Å². The zero-order valence-electron chi connectivity index (χ0n) is 11.8. The van der Waals surface area contributed by atoms with Gasteiger partial charge in [-0.3, -0.25) is 4.79 Å². The van der Waals surface area contributed by atoms with Crippen LogP contribution in [-0.4, -0.2) is 69.9 Å². The number of amides is 1. The molecule has 1 unspecified atom stereocenters. The Bertz CT molecular complexity index is 460. The standard InChI is InChI=1S/C14H20N2O4S/c17-7-5-16(6-8-18)14(19)12-2-1-4-15-13(12)20-11-3-9-21-10-11/h1-2,4,11,17-18H,3,5-10H2. The summed E-state index contributed by atoms with van der Waals surface area (Å²) in [6, 6.07) is 3.34. The molecule has 116 valence electrons. The molecule has 1 aliphatic heterocycles. The first kappa shape index (κ1) is 16.1. The summed E-state index contributed by atoms with van der Waals surface area (Å²) in [7, 11) is 0. The molecule has 0 bridgehead atoms. The number of pyridine rings is 1. The number of carbonyl (C=O) groups excluding carboxylic acids is 1. The topological polar surface area (TPSA) is 82.9 Å². The number of nitrogens with zero attached hydrogens (tertiary/aromatic N) is 2. The number of carbonyl (C=O) groups is 1. The Morgan fingerprint density at radius 1 is 1.43 bits per heavy atom. The lowest BCUT2D eigenvalue weighted by atomic mass is 10.2. The molecule has 21 heavy (non-hydrogen) atoms. The zero-order valence-corrected chi connectivity index (χ0v) is 12.6. The summed E-state index contributed by atoms with van der Waals surface area (Å²) in [5.41, 5.74) is 0.372. The second-order valence-electron chi connectivity index (χ2n) is 4.70. The minimum absolute atomic E-state index is 0.0839. The van der Waals surface area contributed by atoms with Crippen molar-refractivity contribution in [1.82, 2.24) is 9.88 Å². The quantitative estimate of drug-likeness (QED) is 0.758. The first-order chi connectivity index (χ1) is 10.3. The molecule has 2 N–H and O–H groups in total. The van der Waals surface area contributed by atoms with E-state index < -0.39 is 0 Å². The van der Waals surface area contributed by atoms with Gasteiger partial charge in [0.25, 0.3) is 5.91 Å². The lowest BCUT2D eigenvalue weighted by molar-refractivity contribution is 0.0677. The van der Waals surface area contributed by atoms with Gasteiger partial charge < -0.3 is 19.8 Å². The van der Waals surface area contributed by atoms with E-state index in [2.05, 4.69) is 4.98 Å². The highest BCUT2D eigenvalue weighted by atomic mass is 32.2. The van der Waals surface area contributed by atoms with Crippen LogP contribution in [0.25, 0.3) is 0 Å². The van der Waals surface area contributed by atoms with E-state index in [9.17, 15) is 4.79 Å². The predicted octanol–water partition coefficient (Wildman–Crippen LogP) is 0.393. The van der Waals surface area contributed by atoms with Gasteiger partial charge in [0, 0.05) is 25.0 Å². The summed E-state index contributed by atoms with van der Waals surface area (Å²) in [5, 5.41) is 18.1. The summed E-state index contributed by atoms with van der Waals surface area (Å²) >= 11 is 1.82. The van der Waals surface area contributed by atoms with Crippen LogP contribution in [0.2, 0.25) is 0 Å². The van der Waals surface area contributed by atoms with E-state index in [1.807, 2.05) is 11.8 Å². The first-order valence-electron chi connectivity index (χ1n) is 6.96. The molecule has 0 radical (unpaired) electrons. The highest BCUT2D eigenvalue weighted by Gasteiger charge is 2.23. The van der Waals surface area contributed by atoms with Crippen molar-refractivity contribution in [2.45, 2.75) is 12.5 Å². The average Bonchev–Trinajstić information content (AvgIpc) is 3.00. The molecule has 6 nitrogen and oxygen atoms in total. The van der Waals surface area contributed by atoms with Crippen LogP contribution in [0, 0.1) is 0 Å². The van der Waals surface area contributed by atoms with Gasteiger partial charge in [0.1, 0.15) is 11.7 Å². The highest BCUT2D eigenvalue weighted by molar-refractivity contribution is 7.99. The average molecular weight is 312 g/mol. The Balaban J connectivity index is 2.14. The Hall–Kier alpha value is -1.31.